The van der Waals surface area contributed by atoms with E-state index < -0.39 is 5.97 Å². The van der Waals surface area contributed by atoms with Crippen LogP contribution in [0.5, 0.6) is 0 Å². The Morgan fingerprint density at radius 3 is 3.12 bits per heavy atom. The fourth-order valence-electron chi connectivity index (χ4n) is 1.55. The number of carboxylic acid groups (broad SMARTS) is 1. The topological polar surface area (TPSA) is 62.2 Å². The number of nitrogens with zero attached hydrogens (tertiary/aromatic N) is 1. The van der Waals surface area contributed by atoms with Crippen molar-refractivity contribution >= 4 is 35.1 Å². The van der Waals surface area contributed by atoms with Crippen molar-refractivity contribution in [2.24, 2.45) is 0 Å². The summed E-state index contributed by atoms with van der Waals surface area (Å²) < 4.78 is 0. The predicted octanol–water partition coefficient (Wildman–Crippen LogP) is 2.35. The lowest BCUT2D eigenvalue weighted by atomic mass is 10.2. The van der Waals surface area contributed by atoms with Crippen LogP contribution in [0.15, 0.2) is 12.3 Å². The molecule has 2 rings (SSSR count). The quantitative estimate of drug-likeness (QED) is 0.871. The van der Waals surface area contributed by atoms with Gasteiger partial charge in [-0.25, -0.2) is 9.78 Å². The number of thioether (sulfide) groups is 1. The molecule has 4 nitrogen and oxygen atoms in total. The first-order chi connectivity index (χ1) is 7.68. The van der Waals surface area contributed by atoms with E-state index in [1.807, 2.05) is 11.8 Å². The minimum absolute atomic E-state index is 0.0878. The van der Waals surface area contributed by atoms with Crippen LogP contribution in [-0.2, 0) is 0 Å². The van der Waals surface area contributed by atoms with Gasteiger partial charge < -0.3 is 10.4 Å². The Morgan fingerprint density at radius 1 is 1.69 bits per heavy atom. The molecule has 2 N–H and O–H groups in total. The fourth-order valence-corrected chi connectivity index (χ4v) is 2.95. The zero-order valence-corrected chi connectivity index (χ0v) is 10.0. The lowest BCUT2D eigenvalue weighted by molar-refractivity contribution is 0.0697. The van der Waals surface area contributed by atoms with Gasteiger partial charge in [0.05, 0.1) is 10.6 Å². The molecule has 1 aliphatic rings. The highest BCUT2D eigenvalue weighted by Crippen LogP contribution is 2.27. The van der Waals surface area contributed by atoms with Gasteiger partial charge in [0.25, 0.3) is 0 Å². The van der Waals surface area contributed by atoms with Crippen LogP contribution in [0.2, 0.25) is 5.02 Å². The average molecular weight is 259 g/mol. The Balaban J connectivity index is 2.20. The highest BCUT2D eigenvalue weighted by atomic mass is 35.5. The number of carbonyl (C=O) groups is 1. The maximum Gasteiger partial charge on any atom is 0.337 e. The van der Waals surface area contributed by atoms with E-state index in [1.54, 1.807) is 0 Å². The number of pyridine rings is 1. The Labute approximate surface area is 102 Å². The second kappa shape index (κ2) is 4.93. The molecule has 0 spiro atoms. The smallest absolute Gasteiger partial charge is 0.337 e. The molecule has 1 unspecified atom stereocenters. The third-order valence-electron chi connectivity index (χ3n) is 2.39. The van der Waals surface area contributed by atoms with E-state index in [9.17, 15) is 4.79 Å². The van der Waals surface area contributed by atoms with E-state index >= 15 is 0 Å². The standard InChI is InChI=1S/C10H11ClN2O2S/c11-8-7(10(14)15)1-3-12-9(8)13-6-2-4-16-5-6/h1,3,6H,2,4-5H2,(H,12,13)(H,14,15). The lowest BCUT2D eigenvalue weighted by Gasteiger charge is -2.13. The first kappa shape index (κ1) is 11.5. The van der Waals surface area contributed by atoms with E-state index in [2.05, 4.69) is 10.3 Å². The molecular formula is C10H11ClN2O2S. The molecule has 0 amide bonds. The summed E-state index contributed by atoms with van der Waals surface area (Å²) in [5.41, 5.74) is 0.0878. The second-order valence-electron chi connectivity index (χ2n) is 3.53. The molecule has 16 heavy (non-hydrogen) atoms. The summed E-state index contributed by atoms with van der Waals surface area (Å²) >= 11 is 7.84. The van der Waals surface area contributed by atoms with Crippen LogP contribution in [0.4, 0.5) is 5.82 Å². The molecule has 0 saturated carbocycles. The minimum atomic E-state index is -1.03. The van der Waals surface area contributed by atoms with E-state index in [1.165, 1.54) is 12.3 Å². The van der Waals surface area contributed by atoms with Crippen LogP contribution < -0.4 is 5.32 Å². The number of aromatic nitrogens is 1. The van der Waals surface area contributed by atoms with Gasteiger partial charge in [-0.05, 0) is 18.2 Å². The van der Waals surface area contributed by atoms with Crippen LogP contribution in [0.1, 0.15) is 16.8 Å². The van der Waals surface area contributed by atoms with Gasteiger partial charge in [-0.15, -0.1) is 0 Å². The molecular weight excluding hydrogens is 248 g/mol. The molecule has 0 aliphatic carbocycles. The molecule has 2 heterocycles. The molecule has 86 valence electrons. The zero-order chi connectivity index (χ0) is 11.5. The lowest BCUT2D eigenvalue weighted by Crippen LogP contribution is -2.19. The van der Waals surface area contributed by atoms with Gasteiger partial charge in [-0.1, -0.05) is 11.6 Å². The van der Waals surface area contributed by atoms with E-state index in [4.69, 9.17) is 16.7 Å². The minimum Gasteiger partial charge on any atom is -0.478 e. The second-order valence-corrected chi connectivity index (χ2v) is 5.06. The van der Waals surface area contributed by atoms with Gasteiger partial charge in [0.15, 0.2) is 0 Å². The van der Waals surface area contributed by atoms with Gasteiger partial charge in [0.1, 0.15) is 5.82 Å². The van der Waals surface area contributed by atoms with Crippen LogP contribution in [-0.4, -0.2) is 33.6 Å². The van der Waals surface area contributed by atoms with Crippen LogP contribution >= 0.6 is 23.4 Å². The summed E-state index contributed by atoms with van der Waals surface area (Å²) in [4.78, 5) is 14.9. The predicted molar refractivity (Wildman–Crippen MR) is 65.6 cm³/mol. The van der Waals surface area contributed by atoms with Crippen LogP contribution in [0.3, 0.4) is 0 Å². The summed E-state index contributed by atoms with van der Waals surface area (Å²) in [5.74, 6) is 1.56. The number of aromatic carboxylic acids is 1. The van der Waals surface area contributed by atoms with Crippen molar-refractivity contribution in [1.29, 1.82) is 0 Å². The number of nitrogens with one attached hydrogen (secondary N) is 1. The molecule has 1 aromatic rings. The fraction of sp³-hybridized carbons (Fsp3) is 0.400. The van der Waals surface area contributed by atoms with Crippen LogP contribution in [0, 0.1) is 0 Å². The summed E-state index contributed by atoms with van der Waals surface area (Å²) in [6.45, 7) is 0. The van der Waals surface area contributed by atoms with E-state index in [-0.39, 0.29) is 10.6 Å². The zero-order valence-electron chi connectivity index (χ0n) is 8.44. The molecule has 0 aromatic carbocycles. The number of rotatable bonds is 3. The maximum absolute atomic E-state index is 10.9. The van der Waals surface area contributed by atoms with Gasteiger partial charge in [0.2, 0.25) is 0 Å². The van der Waals surface area contributed by atoms with Crippen molar-refractivity contribution in [3.8, 4) is 0 Å². The van der Waals surface area contributed by atoms with E-state index in [0.29, 0.717) is 11.9 Å². The highest BCUT2D eigenvalue weighted by molar-refractivity contribution is 7.99. The number of halogens is 1. The molecule has 1 fully saturated rings. The third-order valence-corrected chi connectivity index (χ3v) is 3.94. The molecule has 0 bridgehead atoms. The first-order valence-corrected chi connectivity index (χ1v) is 6.44. The first-order valence-electron chi connectivity index (χ1n) is 4.90. The number of hydrogen-bond donors (Lipinski definition) is 2. The average Bonchev–Trinajstić information content (AvgIpc) is 2.73. The van der Waals surface area contributed by atoms with Crippen molar-refractivity contribution in [3.63, 3.8) is 0 Å². The van der Waals surface area contributed by atoms with Crippen molar-refractivity contribution in [1.82, 2.24) is 4.98 Å². The molecule has 0 radical (unpaired) electrons. The normalized spacial score (nSPS) is 19.7. The van der Waals surface area contributed by atoms with Crippen molar-refractivity contribution in [2.45, 2.75) is 12.5 Å². The number of hydrogen-bond acceptors (Lipinski definition) is 4. The summed E-state index contributed by atoms with van der Waals surface area (Å²) in [6, 6.07) is 1.73. The Hall–Kier alpha value is -0.940. The number of anilines is 1. The van der Waals surface area contributed by atoms with Crippen molar-refractivity contribution in [3.05, 3.63) is 22.8 Å². The molecule has 1 saturated heterocycles. The Bertz CT molecular complexity index is 408. The molecule has 1 aliphatic heterocycles. The highest BCUT2D eigenvalue weighted by Gasteiger charge is 2.19. The van der Waals surface area contributed by atoms with Gasteiger partial charge in [-0.2, -0.15) is 11.8 Å². The molecule has 1 aromatic heterocycles. The molecule has 1 atom stereocenters. The van der Waals surface area contributed by atoms with Gasteiger partial charge in [-0.3, -0.25) is 0 Å². The third kappa shape index (κ3) is 2.41. The van der Waals surface area contributed by atoms with E-state index in [0.717, 1.165) is 17.9 Å². The summed E-state index contributed by atoms with van der Waals surface area (Å²) in [7, 11) is 0. The van der Waals surface area contributed by atoms with Gasteiger partial charge >= 0.3 is 5.97 Å². The van der Waals surface area contributed by atoms with Crippen LogP contribution in [0.25, 0.3) is 0 Å². The Morgan fingerprint density at radius 2 is 2.50 bits per heavy atom. The van der Waals surface area contributed by atoms with Crippen molar-refractivity contribution in [2.75, 3.05) is 16.8 Å². The van der Waals surface area contributed by atoms with Gasteiger partial charge in [0, 0.05) is 18.0 Å². The molecule has 6 heteroatoms. The SMILES string of the molecule is O=C(O)c1ccnc(NC2CCSC2)c1Cl. The van der Waals surface area contributed by atoms with Crippen molar-refractivity contribution < 1.29 is 9.90 Å². The largest absolute Gasteiger partial charge is 0.478 e. The summed E-state index contributed by atoms with van der Waals surface area (Å²) in [5, 5.41) is 12.3. The number of carboxylic acids is 1. The maximum atomic E-state index is 10.9. The summed E-state index contributed by atoms with van der Waals surface area (Å²) in [6.07, 6.45) is 2.51. The Kier molecular flexibility index (Phi) is 3.56. The monoisotopic (exact) mass is 258 g/mol.